The van der Waals surface area contributed by atoms with Crippen LogP contribution < -0.4 is 14.8 Å². The average molecular weight is 543 g/mol. The number of carbonyl (C=O) groups excluding carboxylic acids is 1. The van der Waals surface area contributed by atoms with Crippen LogP contribution in [0.3, 0.4) is 0 Å². The van der Waals surface area contributed by atoms with Gasteiger partial charge in [0.25, 0.3) is 11.6 Å². The Labute approximate surface area is 208 Å². The molecule has 0 saturated carbocycles. The van der Waals surface area contributed by atoms with E-state index in [0.29, 0.717) is 17.1 Å². The predicted molar refractivity (Wildman–Crippen MR) is 132 cm³/mol. The molecule has 0 unspecified atom stereocenters. The van der Waals surface area contributed by atoms with Crippen LogP contribution in [0.2, 0.25) is 5.02 Å². The average Bonchev–Trinajstić information content (AvgIpc) is 2.83. The van der Waals surface area contributed by atoms with Crippen LogP contribution in [0.15, 0.2) is 70.7 Å². The van der Waals surface area contributed by atoms with Crippen molar-refractivity contribution >= 4 is 50.9 Å². The van der Waals surface area contributed by atoms with Crippen LogP contribution in [0.4, 0.5) is 11.4 Å². The summed E-state index contributed by atoms with van der Waals surface area (Å²) in [4.78, 5) is 23.0. The van der Waals surface area contributed by atoms with Crippen molar-refractivity contribution in [3.8, 4) is 17.6 Å². The Balaban J connectivity index is 1.87. The van der Waals surface area contributed by atoms with E-state index in [1.54, 1.807) is 18.2 Å². The number of rotatable bonds is 8. The Morgan fingerprint density at radius 1 is 1.24 bits per heavy atom. The smallest absolute Gasteiger partial charge is 0.271 e. The zero-order valence-corrected chi connectivity index (χ0v) is 20.1. The van der Waals surface area contributed by atoms with Gasteiger partial charge in [-0.2, -0.15) is 5.26 Å². The van der Waals surface area contributed by atoms with Crippen molar-refractivity contribution in [3.05, 3.63) is 97.0 Å². The predicted octanol–water partition coefficient (Wildman–Crippen LogP) is 6.14. The van der Waals surface area contributed by atoms with Crippen LogP contribution in [0.25, 0.3) is 6.08 Å². The van der Waals surface area contributed by atoms with Crippen molar-refractivity contribution < 1.29 is 19.2 Å². The molecule has 0 aromatic heterocycles. The zero-order chi connectivity index (χ0) is 24.7. The molecule has 0 saturated heterocycles. The molecular formula is C24H17BrClN3O5. The van der Waals surface area contributed by atoms with Crippen LogP contribution in [0.5, 0.6) is 11.5 Å². The molecule has 0 bridgehead atoms. The summed E-state index contributed by atoms with van der Waals surface area (Å²) in [7, 11) is 1.49. The number of ether oxygens (including phenoxy) is 2. The van der Waals surface area contributed by atoms with Gasteiger partial charge in [0, 0.05) is 22.2 Å². The molecule has 0 aliphatic carbocycles. The van der Waals surface area contributed by atoms with Crippen molar-refractivity contribution in [2.75, 3.05) is 12.4 Å². The minimum Gasteiger partial charge on any atom is -0.493 e. The van der Waals surface area contributed by atoms with Gasteiger partial charge in [0.2, 0.25) is 0 Å². The van der Waals surface area contributed by atoms with Gasteiger partial charge in [0.05, 0.1) is 22.7 Å². The fraction of sp³-hybridized carbons (Fsp3) is 0.0833. The highest BCUT2D eigenvalue weighted by atomic mass is 79.9. The van der Waals surface area contributed by atoms with E-state index in [4.69, 9.17) is 21.1 Å². The van der Waals surface area contributed by atoms with Gasteiger partial charge in [-0.1, -0.05) is 51.8 Å². The highest BCUT2D eigenvalue weighted by molar-refractivity contribution is 9.10. The lowest BCUT2D eigenvalue weighted by Gasteiger charge is -2.14. The number of nitrogens with zero attached hydrogens (tertiary/aromatic N) is 2. The number of nitrogens with one attached hydrogen (secondary N) is 1. The van der Waals surface area contributed by atoms with Crippen molar-refractivity contribution in [2.45, 2.75) is 6.61 Å². The van der Waals surface area contributed by atoms with Crippen molar-refractivity contribution in [1.82, 2.24) is 0 Å². The van der Waals surface area contributed by atoms with Crippen LogP contribution in [-0.2, 0) is 11.4 Å². The normalized spacial score (nSPS) is 10.8. The third-order valence-electron chi connectivity index (χ3n) is 4.60. The van der Waals surface area contributed by atoms with E-state index in [2.05, 4.69) is 21.2 Å². The topological polar surface area (TPSA) is 114 Å². The molecule has 1 N–H and O–H groups in total. The number of nitro groups is 1. The minimum absolute atomic E-state index is 0.0280. The Kier molecular flexibility index (Phi) is 8.24. The van der Waals surface area contributed by atoms with Gasteiger partial charge in [-0.25, -0.2) is 0 Å². The second-order valence-electron chi connectivity index (χ2n) is 6.84. The van der Waals surface area contributed by atoms with E-state index >= 15 is 0 Å². The van der Waals surface area contributed by atoms with Crippen LogP contribution in [0.1, 0.15) is 11.1 Å². The summed E-state index contributed by atoms with van der Waals surface area (Å²) < 4.78 is 12.3. The molecule has 3 aromatic carbocycles. The number of halogens is 2. The van der Waals surface area contributed by atoms with Crippen molar-refractivity contribution in [1.29, 1.82) is 5.26 Å². The van der Waals surface area contributed by atoms with E-state index in [0.717, 1.165) is 16.1 Å². The number of nitro benzene ring substituents is 1. The summed E-state index contributed by atoms with van der Waals surface area (Å²) in [5.74, 6) is 0.0590. The number of hydrogen-bond donors (Lipinski definition) is 1. The second-order valence-corrected chi connectivity index (χ2v) is 8.16. The molecule has 1 amide bonds. The van der Waals surface area contributed by atoms with E-state index in [9.17, 15) is 20.2 Å². The number of benzene rings is 3. The van der Waals surface area contributed by atoms with Gasteiger partial charge in [-0.05, 0) is 35.9 Å². The van der Waals surface area contributed by atoms with Crippen molar-refractivity contribution in [3.63, 3.8) is 0 Å². The van der Waals surface area contributed by atoms with Crippen LogP contribution in [-0.4, -0.2) is 17.9 Å². The molecule has 0 aliphatic heterocycles. The number of methoxy groups -OCH3 is 1. The highest BCUT2D eigenvalue weighted by Gasteiger charge is 2.17. The van der Waals surface area contributed by atoms with Crippen molar-refractivity contribution in [2.24, 2.45) is 0 Å². The first kappa shape index (κ1) is 24.8. The number of nitriles is 1. The minimum atomic E-state index is -0.736. The fourth-order valence-electron chi connectivity index (χ4n) is 2.91. The van der Waals surface area contributed by atoms with E-state index in [1.165, 1.54) is 25.3 Å². The van der Waals surface area contributed by atoms with E-state index in [1.807, 2.05) is 30.3 Å². The van der Waals surface area contributed by atoms with E-state index in [-0.39, 0.29) is 28.6 Å². The Morgan fingerprint density at radius 3 is 2.59 bits per heavy atom. The Hall–Kier alpha value is -3.87. The number of carbonyl (C=O) groups is 1. The maximum Gasteiger partial charge on any atom is 0.271 e. The fourth-order valence-corrected chi connectivity index (χ4v) is 3.40. The summed E-state index contributed by atoms with van der Waals surface area (Å²) in [5.41, 5.74) is 1.06. The Morgan fingerprint density at radius 2 is 1.97 bits per heavy atom. The summed E-state index contributed by atoms with van der Waals surface area (Å²) in [6.07, 6.45) is 1.37. The van der Waals surface area contributed by atoms with E-state index < -0.39 is 10.8 Å². The third kappa shape index (κ3) is 6.13. The summed E-state index contributed by atoms with van der Waals surface area (Å²) in [6.45, 7) is 0.237. The lowest BCUT2D eigenvalue weighted by Crippen LogP contribution is -2.14. The zero-order valence-electron chi connectivity index (χ0n) is 17.7. The number of hydrogen-bond acceptors (Lipinski definition) is 6. The quantitative estimate of drug-likeness (QED) is 0.158. The molecule has 172 valence electrons. The van der Waals surface area contributed by atoms with Gasteiger partial charge in [0.15, 0.2) is 11.5 Å². The third-order valence-corrected chi connectivity index (χ3v) is 5.44. The molecule has 0 fully saturated rings. The van der Waals surface area contributed by atoms with Gasteiger partial charge in [-0.15, -0.1) is 0 Å². The van der Waals surface area contributed by atoms with Crippen LogP contribution in [0, 0.1) is 21.4 Å². The number of para-hydroxylation sites is 1. The molecule has 8 nitrogen and oxygen atoms in total. The largest absolute Gasteiger partial charge is 0.493 e. The van der Waals surface area contributed by atoms with Gasteiger partial charge in [-0.3, -0.25) is 14.9 Å². The standard InChI is InChI=1S/C24H17BrClN3O5/c1-33-22-4-2-3-16(23(22)34-14-15-5-7-18(25)8-6-15)11-17(13-27)24(30)28-21-10-9-19(29(31)32)12-20(21)26/h2-12H,14H2,1H3,(H,28,30). The Bertz CT molecular complexity index is 1300. The first-order chi connectivity index (χ1) is 16.3. The molecular weight excluding hydrogens is 526 g/mol. The molecule has 34 heavy (non-hydrogen) atoms. The first-order valence-corrected chi connectivity index (χ1v) is 10.9. The maximum atomic E-state index is 12.7. The summed E-state index contributed by atoms with van der Waals surface area (Å²) in [5, 5.41) is 22.9. The highest BCUT2D eigenvalue weighted by Crippen LogP contribution is 2.34. The SMILES string of the molecule is COc1cccc(C=C(C#N)C(=O)Nc2ccc([N+](=O)[O-])cc2Cl)c1OCc1ccc(Br)cc1. The van der Waals surface area contributed by atoms with Gasteiger partial charge >= 0.3 is 0 Å². The summed E-state index contributed by atoms with van der Waals surface area (Å²) >= 11 is 9.43. The summed E-state index contributed by atoms with van der Waals surface area (Å²) in [6, 6.07) is 18.2. The molecule has 3 aromatic rings. The second kappa shape index (κ2) is 11.3. The monoisotopic (exact) mass is 541 g/mol. The maximum absolute atomic E-state index is 12.7. The number of amides is 1. The van der Waals surface area contributed by atoms with Crippen LogP contribution >= 0.6 is 27.5 Å². The molecule has 0 radical (unpaired) electrons. The lowest BCUT2D eigenvalue weighted by molar-refractivity contribution is -0.384. The first-order valence-electron chi connectivity index (χ1n) is 9.73. The van der Waals surface area contributed by atoms with Gasteiger partial charge < -0.3 is 14.8 Å². The molecule has 0 heterocycles. The molecule has 3 rings (SSSR count). The molecule has 0 atom stereocenters. The van der Waals surface area contributed by atoms with Gasteiger partial charge in [0.1, 0.15) is 18.2 Å². The molecule has 0 aliphatic rings. The number of anilines is 1. The molecule has 0 spiro atoms. The molecule has 10 heteroatoms. The number of non-ortho nitro benzene ring substituents is 1. The lowest BCUT2D eigenvalue weighted by atomic mass is 10.1.